The minimum atomic E-state index is -0.255. The zero-order chi connectivity index (χ0) is 14.5. The Bertz CT molecular complexity index is 665. The summed E-state index contributed by atoms with van der Waals surface area (Å²) in [6.07, 6.45) is 3.37. The quantitative estimate of drug-likeness (QED) is 0.873. The van der Waals surface area contributed by atoms with Gasteiger partial charge in [0.1, 0.15) is 6.54 Å². The lowest BCUT2D eigenvalue weighted by atomic mass is 10.3. The van der Waals surface area contributed by atoms with Gasteiger partial charge < -0.3 is 5.32 Å². The summed E-state index contributed by atoms with van der Waals surface area (Å²) in [6.45, 7) is 1.69. The van der Waals surface area contributed by atoms with Gasteiger partial charge in [-0.2, -0.15) is 0 Å². The normalized spacial score (nSPS) is 10.3. The van der Waals surface area contributed by atoms with Crippen LogP contribution in [0.2, 0.25) is 0 Å². The molecule has 2 aromatic rings. The largest absolute Gasteiger partial charge is 0.325 e. The van der Waals surface area contributed by atoms with Gasteiger partial charge in [-0.25, -0.2) is 4.98 Å². The van der Waals surface area contributed by atoms with Crippen molar-refractivity contribution in [2.75, 3.05) is 11.6 Å². The van der Waals surface area contributed by atoms with Crippen LogP contribution in [0.4, 0.5) is 5.69 Å². The van der Waals surface area contributed by atoms with E-state index in [0.29, 0.717) is 11.4 Å². The van der Waals surface area contributed by atoms with Crippen molar-refractivity contribution < 1.29 is 4.79 Å². The molecule has 0 unspecified atom stereocenters. The van der Waals surface area contributed by atoms with E-state index in [9.17, 15) is 9.59 Å². The summed E-state index contributed by atoms with van der Waals surface area (Å²) in [5.41, 5.74) is 1.12. The van der Waals surface area contributed by atoms with Gasteiger partial charge in [0.15, 0.2) is 0 Å². The summed E-state index contributed by atoms with van der Waals surface area (Å²) in [5, 5.41) is 2.75. The number of thioether (sulfide) groups is 1. The van der Waals surface area contributed by atoms with Gasteiger partial charge in [-0.3, -0.25) is 14.2 Å². The number of anilines is 1. The molecule has 1 N–H and O–H groups in total. The van der Waals surface area contributed by atoms with Crippen molar-refractivity contribution in [3.63, 3.8) is 0 Å². The van der Waals surface area contributed by atoms with Gasteiger partial charge in [0.25, 0.3) is 5.56 Å². The lowest BCUT2D eigenvalue weighted by Crippen LogP contribution is -2.27. The van der Waals surface area contributed by atoms with E-state index in [1.165, 1.54) is 17.0 Å². The number of rotatable bonds is 4. The Kier molecular flexibility index (Phi) is 4.57. The fourth-order valence-corrected chi connectivity index (χ4v) is 2.07. The number of hydrogen-bond donors (Lipinski definition) is 1. The van der Waals surface area contributed by atoms with E-state index in [1.54, 1.807) is 18.7 Å². The first-order chi connectivity index (χ1) is 9.58. The van der Waals surface area contributed by atoms with Gasteiger partial charge in [-0.1, -0.05) is 0 Å². The molecular weight excluding hydrogens is 274 g/mol. The summed E-state index contributed by atoms with van der Waals surface area (Å²) < 4.78 is 1.28. The number of amides is 1. The van der Waals surface area contributed by atoms with Gasteiger partial charge in [-0.05, 0) is 37.4 Å². The highest BCUT2D eigenvalue weighted by molar-refractivity contribution is 7.98. The van der Waals surface area contributed by atoms with Crippen LogP contribution >= 0.6 is 11.8 Å². The van der Waals surface area contributed by atoms with E-state index >= 15 is 0 Å². The molecule has 0 atom stereocenters. The smallest absolute Gasteiger partial charge is 0.253 e. The van der Waals surface area contributed by atoms with Crippen molar-refractivity contribution >= 4 is 23.4 Å². The number of benzene rings is 1. The average Bonchev–Trinajstić information content (AvgIpc) is 2.43. The molecule has 1 amide bonds. The molecular formula is C14H15N3O2S. The molecule has 0 aliphatic rings. The van der Waals surface area contributed by atoms with E-state index in [-0.39, 0.29) is 18.0 Å². The third-order valence-corrected chi connectivity index (χ3v) is 3.45. The zero-order valence-electron chi connectivity index (χ0n) is 11.3. The molecule has 104 valence electrons. The van der Waals surface area contributed by atoms with E-state index in [4.69, 9.17) is 0 Å². The molecule has 1 aromatic heterocycles. The van der Waals surface area contributed by atoms with Crippen molar-refractivity contribution in [3.05, 3.63) is 52.7 Å². The van der Waals surface area contributed by atoms with Crippen molar-refractivity contribution in [3.8, 4) is 0 Å². The summed E-state index contributed by atoms with van der Waals surface area (Å²) in [4.78, 5) is 28.7. The zero-order valence-corrected chi connectivity index (χ0v) is 12.1. The number of aryl methyl sites for hydroxylation is 1. The molecule has 5 nitrogen and oxygen atoms in total. The highest BCUT2D eigenvalue weighted by Gasteiger charge is 2.05. The van der Waals surface area contributed by atoms with Crippen LogP contribution in [0.3, 0.4) is 0 Å². The summed E-state index contributed by atoms with van der Waals surface area (Å²) in [5.74, 6) is -0.255. The first kappa shape index (κ1) is 14.3. The first-order valence-corrected chi connectivity index (χ1v) is 7.28. The monoisotopic (exact) mass is 289 g/mol. The Hall–Kier alpha value is -2.08. The summed E-state index contributed by atoms with van der Waals surface area (Å²) in [6, 6.07) is 8.93. The van der Waals surface area contributed by atoms with Crippen molar-refractivity contribution in [2.24, 2.45) is 0 Å². The fourth-order valence-electron chi connectivity index (χ4n) is 1.66. The highest BCUT2D eigenvalue weighted by atomic mass is 32.2. The fraction of sp³-hybridized carbons (Fsp3) is 0.214. The molecule has 0 aliphatic carbocycles. The lowest BCUT2D eigenvalue weighted by molar-refractivity contribution is -0.116. The van der Waals surface area contributed by atoms with Gasteiger partial charge in [0, 0.05) is 22.3 Å². The third kappa shape index (κ3) is 3.71. The van der Waals surface area contributed by atoms with Crippen molar-refractivity contribution in [1.82, 2.24) is 9.55 Å². The molecule has 0 saturated heterocycles. The lowest BCUT2D eigenvalue weighted by Gasteiger charge is -2.07. The van der Waals surface area contributed by atoms with Gasteiger partial charge >= 0.3 is 0 Å². The maximum absolute atomic E-state index is 11.9. The number of nitrogens with zero attached hydrogens (tertiary/aromatic N) is 2. The second kappa shape index (κ2) is 6.38. The van der Waals surface area contributed by atoms with E-state index in [1.807, 2.05) is 30.5 Å². The number of carbonyl (C=O) groups excluding carboxylic acids is 1. The van der Waals surface area contributed by atoms with Crippen LogP contribution in [0, 0.1) is 6.92 Å². The highest BCUT2D eigenvalue weighted by Crippen LogP contribution is 2.17. The molecule has 0 radical (unpaired) electrons. The Morgan fingerprint density at radius 1 is 1.35 bits per heavy atom. The van der Waals surface area contributed by atoms with Crippen LogP contribution in [-0.2, 0) is 11.3 Å². The number of nitrogens with one attached hydrogen (secondary N) is 1. The van der Waals surface area contributed by atoms with E-state index in [0.717, 1.165) is 4.90 Å². The summed E-state index contributed by atoms with van der Waals surface area (Å²) in [7, 11) is 0. The number of hydrogen-bond acceptors (Lipinski definition) is 4. The third-order valence-electron chi connectivity index (χ3n) is 2.70. The molecule has 0 fully saturated rings. The molecule has 0 aliphatic heterocycles. The van der Waals surface area contributed by atoms with E-state index < -0.39 is 0 Å². The number of aromatic nitrogens is 2. The minimum absolute atomic E-state index is 0.0452. The predicted octanol–water partition coefficient (Wildman–Crippen LogP) is 1.91. The van der Waals surface area contributed by atoms with Gasteiger partial charge in [0.2, 0.25) is 5.91 Å². The summed E-state index contributed by atoms with van der Waals surface area (Å²) >= 11 is 1.64. The molecule has 0 spiro atoms. The Morgan fingerprint density at radius 2 is 2.05 bits per heavy atom. The Morgan fingerprint density at radius 3 is 2.65 bits per heavy atom. The van der Waals surface area contributed by atoms with Gasteiger partial charge in [0.05, 0.1) is 6.33 Å². The molecule has 1 heterocycles. The average molecular weight is 289 g/mol. The van der Waals surface area contributed by atoms with Crippen LogP contribution in [0.1, 0.15) is 5.69 Å². The molecule has 20 heavy (non-hydrogen) atoms. The molecule has 0 saturated carbocycles. The predicted molar refractivity (Wildman–Crippen MR) is 80.1 cm³/mol. The van der Waals surface area contributed by atoms with E-state index in [2.05, 4.69) is 10.3 Å². The maximum atomic E-state index is 11.9. The maximum Gasteiger partial charge on any atom is 0.253 e. The number of carbonyl (C=O) groups is 1. The van der Waals surface area contributed by atoms with Crippen LogP contribution in [-0.4, -0.2) is 21.7 Å². The first-order valence-electron chi connectivity index (χ1n) is 6.05. The van der Waals surface area contributed by atoms with Crippen molar-refractivity contribution in [2.45, 2.75) is 18.4 Å². The standard InChI is InChI=1S/C14H15N3O2S/c1-10-7-14(19)17(9-15-10)8-13(18)16-11-3-5-12(20-2)6-4-11/h3-7,9H,8H2,1-2H3,(H,16,18). The SMILES string of the molecule is CSc1ccc(NC(=O)Cn2cnc(C)cc2=O)cc1. The van der Waals surface area contributed by atoms with Crippen LogP contribution < -0.4 is 10.9 Å². The topological polar surface area (TPSA) is 64.0 Å². The second-order valence-corrected chi connectivity index (χ2v) is 5.15. The van der Waals surface area contributed by atoms with Crippen LogP contribution in [0.5, 0.6) is 0 Å². The van der Waals surface area contributed by atoms with Crippen molar-refractivity contribution in [1.29, 1.82) is 0 Å². The van der Waals surface area contributed by atoms with Crippen LogP contribution in [0.15, 0.2) is 46.3 Å². The minimum Gasteiger partial charge on any atom is -0.325 e. The molecule has 2 rings (SSSR count). The Balaban J connectivity index is 2.03. The second-order valence-electron chi connectivity index (χ2n) is 4.27. The van der Waals surface area contributed by atoms with Gasteiger partial charge in [-0.15, -0.1) is 11.8 Å². The molecule has 6 heteroatoms. The van der Waals surface area contributed by atoms with Crippen LogP contribution in [0.25, 0.3) is 0 Å². The Labute approximate surface area is 121 Å². The molecule has 0 bridgehead atoms. The molecule has 1 aromatic carbocycles.